The second kappa shape index (κ2) is 7.95. The Labute approximate surface area is 170 Å². The van der Waals surface area contributed by atoms with Gasteiger partial charge in [-0.2, -0.15) is 0 Å². The van der Waals surface area contributed by atoms with E-state index in [0.717, 1.165) is 5.56 Å². The maximum Gasteiger partial charge on any atom is 0.248 e. The van der Waals surface area contributed by atoms with Crippen molar-refractivity contribution < 1.29 is 18.7 Å². The molecule has 0 radical (unpaired) electrons. The van der Waals surface area contributed by atoms with Crippen molar-refractivity contribution in [3.8, 4) is 0 Å². The van der Waals surface area contributed by atoms with Gasteiger partial charge in [0.05, 0.1) is 11.5 Å². The zero-order valence-corrected chi connectivity index (χ0v) is 16.5. The minimum Gasteiger partial charge on any atom is -0.372 e. The molecule has 2 fully saturated rings. The van der Waals surface area contributed by atoms with Crippen molar-refractivity contribution in [2.75, 3.05) is 31.2 Å². The minimum atomic E-state index is -0.559. The number of rotatable bonds is 5. The molecular formula is C23H25FN2O3. The van der Waals surface area contributed by atoms with Crippen LogP contribution in [-0.2, 0) is 14.3 Å². The second-order valence-electron chi connectivity index (χ2n) is 7.64. The van der Waals surface area contributed by atoms with Crippen LogP contribution >= 0.6 is 0 Å². The summed E-state index contributed by atoms with van der Waals surface area (Å²) < 4.78 is 19.1. The lowest BCUT2D eigenvalue weighted by Gasteiger charge is -2.59. The number of nitrogens with zero attached hydrogens (tertiary/aromatic N) is 2. The predicted molar refractivity (Wildman–Crippen MR) is 108 cm³/mol. The van der Waals surface area contributed by atoms with Crippen molar-refractivity contribution in [3.05, 3.63) is 66.0 Å². The van der Waals surface area contributed by atoms with Crippen LogP contribution in [0.5, 0.6) is 0 Å². The van der Waals surface area contributed by atoms with E-state index >= 15 is 0 Å². The molecule has 2 heterocycles. The van der Waals surface area contributed by atoms with Gasteiger partial charge in [0.2, 0.25) is 11.8 Å². The molecule has 0 N–H and O–H groups in total. The normalized spacial score (nSPS) is 20.6. The van der Waals surface area contributed by atoms with Crippen molar-refractivity contribution in [1.29, 1.82) is 0 Å². The van der Waals surface area contributed by atoms with E-state index in [4.69, 9.17) is 4.74 Å². The van der Waals surface area contributed by atoms with Gasteiger partial charge in [0.15, 0.2) is 0 Å². The Morgan fingerprint density at radius 1 is 1.14 bits per heavy atom. The van der Waals surface area contributed by atoms with Gasteiger partial charge < -0.3 is 14.5 Å². The molecule has 0 aromatic heterocycles. The van der Waals surface area contributed by atoms with Gasteiger partial charge in [0.1, 0.15) is 12.4 Å². The fourth-order valence-corrected chi connectivity index (χ4v) is 4.57. The second-order valence-corrected chi connectivity index (χ2v) is 7.64. The quantitative estimate of drug-likeness (QED) is 0.726. The van der Waals surface area contributed by atoms with Crippen LogP contribution in [0.25, 0.3) is 0 Å². The Balaban J connectivity index is 1.60. The lowest BCUT2D eigenvalue weighted by atomic mass is 9.62. The van der Waals surface area contributed by atoms with E-state index in [1.165, 1.54) is 12.1 Å². The third-order valence-corrected chi connectivity index (χ3v) is 6.07. The van der Waals surface area contributed by atoms with Gasteiger partial charge in [-0.1, -0.05) is 36.4 Å². The SMILES string of the molecule is CCOCC(=O)N1CCC2(CC1)C(=O)N(c1cccc(F)c1)C2c1ccccc1. The highest BCUT2D eigenvalue weighted by Gasteiger charge is 2.62. The molecule has 0 aliphatic carbocycles. The van der Waals surface area contributed by atoms with Crippen molar-refractivity contribution in [2.24, 2.45) is 5.41 Å². The number of ether oxygens (including phenoxy) is 1. The summed E-state index contributed by atoms with van der Waals surface area (Å²) in [6.07, 6.45) is 1.18. The van der Waals surface area contributed by atoms with Crippen molar-refractivity contribution in [2.45, 2.75) is 25.8 Å². The number of benzene rings is 2. The van der Waals surface area contributed by atoms with E-state index in [1.807, 2.05) is 37.3 Å². The first kappa shape index (κ1) is 19.6. The van der Waals surface area contributed by atoms with Crippen molar-refractivity contribution >= 4 is 17.5 Å². The standard InChI is InChI=1S/C23H25FN2O3/c1-2-29-16-20(27)25-13-11-23(12-14-25)21(17-7-4-3-5-8-17)26(22(23)28)19-10-6-9-18(24)15-19/h3-10,15,21H,2,11-14,16H2,1H3. The molecule has 1 atom stereocenters. The smallest absolute Gasteiger partial charge is 0.248 e. The molecule has 2 aliphatic rings. The highest BCUT2D eigenvalue weighted by atomic mass is 19.1. The minimum absolute atomic E-state index is 0.00820. The zero-order chi connectivity index (χ0) is 20.4. The third-order valence-electron chi connectivity index (χ3n) is 6.07. The molecule has 2 aromatic rings. The fraction of sp³-hybridized carbons (Fsp3) is 0.391. The summed E-state index contributed by atoms with van der Waals surface area (Å²) in [7, 11) is 0. The van der Waals surface area contributed by atoms with Gasteiger partial charge in [-0.3, -0.25) is 9.59 Å². The molecule has 0 saturated carbocycles. The zero-order valence-electron chi connectivity index (χ0n) is 16.5. The molecule has 2 amide bonds. The third kappa shape index (κ3) is 3.42. The number of carbonyl (C=O) groups is 2. The van der Waals surface area contributed by atoms with Crippen molar-refractivity contribution in [3.63, 3.8) is 0 Å². The van der Waals surface area contributed by atoms with Crippen LogP contribution in [0.3, 0.4) is 0 Å². The van der Waals surface area contributed by atoms with Gasteiger partial charge in [-0.15, -0.1) is 0 Å². The monoisotopic (exact) mass is 396 g/mol. The van der Waals surface area contributed by atoms with Gasteiger partial charge in [-0.25, -0.2) is 4.39 Å². The van der Waals surface area contributed by atoms with Crippen molar-refractivity contribution in [1.82, 2.24) is 4.90 Å². The van der Waals surface area contributed by atoms with Crippen LogP contribution in [0.1, 0.15) is 31.4 Å². The van der Waals surface area contributed by atoms with Gasteiger partial charge in [0, 0.05) is 25.4 Å². The summed E-state index contributed by atoms with van der Waals surface area (Å²) in [5.41, 5.74) is 1.05. The molecular weight excluding hydrogens is 371 g/mol. The van der Waals surface area contributed by atoms with Crippen LogP contribution in [0.15, 0.2) is 54.6 Å². The van der Waals surface area contributed by atoms with Crippen LogP contribution in [0.4, 0.5) is 10.1 Å². The Morgan fingerprint density at radius 2 is 1.86 bits per heavy atom. The number of likely N-dealkylation sites (tertiary alicyclic amines) is 1. The first-order valence-electron chi connectivity index (χ1n) is 10.1. The topological polar surface area (TPSA) is 49.9 Å². The van der Waals surface area contributed by atoms with E-state index in [-0.39, 0.29) is 30.3 Å². The maximum atomic E-state index is 13.8. The Morgan fingerprint density at radius 3 is 2.52 bits per heavy atom. The number of hydrogen-bond donors (Lipinski definition) is 0. The van der Waals surface area contributed by atoms with E-state index in [0.29, 0.717) is 38.2 Å². The molecule has 1 unspecified atom stereocenters. The van der Waals surface area contributed by atoms with Gasteiger partial charge in [0.25, 0.3) is 0 Å². The molecule has 1 spiro atoms. The molecule has 29 heavy (non-hydrogen) atoms. The van der Waals surface area contributed by atoms with E-state index in [1.54, 1.807) is 21.9 Å². The summed E-state index contributed by atoms with van der Waals surface area (Å²) in [6, 6.07) is 15.9. The number of anilines is 1. The summed E-state index contributed by atoms with van der Waals surface area (Å²) in [5, 5.41) is 0. The van der Waals surface area contributed by atoms with Gasteiger partial charge >= 0.3 is 0 Å². The van der Waals surface area contributed by atoms with E-state index in [2.05, 4.69) is 0 Å². The molecule has 2 aromatic carbocycles. The fourth-order valence-electron chi connectivity index (χ4n) is 4.57. The maximum absolute atomic E-state index is 13.8. The lowest BCUT2D eigenvalue weighted by molar-refractivity contribution is -0.150. The number of hydrogen-bond acceptors (Lipinski definition) is 3. The number of β-lactam (4-membered cyclic amide) rings is 1. The summed E-state index contributed by atoms with van der Waals surface area (Å²) in [6.45, 7) is 3.49. The number of carbonyl (C=O) groups excluding carboxylic acids is 2. The average molecular weight is 396 g/mol. The predicted octanol–water partition coefficient (Wildman–Crippen LogP) is 3.56. The highest BCUT2D eigenvalue weighted by molar-refractivity contribution is 6.06. The van der Waals surface area contributed by atoms with Crippen LogP contribution in [-0.4, -0.2) is 43.0 Å². The van der Waals surface area contributed by atoms with Crippen LogP contribution in [0.2, 0.25) is 0 Å². The summed E-state index contributed by atoms with van der Waals surface area (Å²) in [4.78, 5) is 29.1. The number of halogens is 1. The average Bonchev–Trinajstić information content (AvgIpc) is 2.76. The van der Waals surface area contributed by atoms with E-state index < -0.39 is 5.41 Å². The molecule has 6 heteroatoms. The summed E-state index contributed by atoms with van der Waals surface area (Å²) in [5.74, 6) is -0.389. The molecule has 0 bridgehead atoms. The summed E-state index contributed by atoms with van der Waals surface area (Å²) >= 11 is 0. The Hall–Kier alpha value is -2.73. The highest BCUT2D eigenvalue weighted by Crippen LogP contribution is 2.57. The first-order chi connectivity index (χ1) is 14.1. The number of amides is 2. The molecule has 4 rings (SSSR count). The molecule has 5 nitrogen and oxygen atoms in total. The van der Waals surface area contributed by atoms with Crippen LogP contribution in [0, 0.1) is 11.2 Å². The van der Waals surface area contributed by atoms with Gasteiger partial charge in [-0.05, 0) is 43.5 Å². The van der Waals surface area contributed by atoms with Crippen LogP contribution < -0.4 is 4.90 Å². The lowest BCUT2D eigenvalue weighted by Crippen LogP contribution is -2.67. The molecule has 2 saturated heterocycles. The largest absolute Gasteiger partial charge is 0.372 e. The number of piperidine rings is 1. The molecule has 2 aliphatic heterocycles. The Bertz CT molecular complexity index is 894. The van der Waals surface area contributed by atoms with E-state index in [9.17, 15) is 14.0 Å². The molecule has 152 valence electrons. The Kier molecular flexibility index (Phi) is 5.37. The first-order valence-corrected chi connectivity index (χ1v) is 10.1.